The molecule has 0 bridgehead atoms. The van der Waals surface area contributed by atoms with E-state index < -0.39 is 0 Å². The molecule has 0 aliphatic heterocycles. The highest BCUT2D eigenvalue weighted by atomic mass is 14.9. The van der Waals surface area contributed by atoms with Gasteiger partial charge in [0.1, 0.15) is 0 Å². The van der Waals surface area contributed by atoms with Crippen molar-refractivity contribution in [2.45, 2.75) is 6.92 Å². The van der Waals surface area contributed by atoms with Crippen LogP contribution in [-0.2, 0) is 0 Å². The molecule has 1 nitrogen and oxygen atoms in total. The van der Waals surface area contributed by atoms with Crippen LogP contribution in [-0.4, -0.2) is 0 Å². The minimum Gasteiger partial charge on any atom is -0.172 e. The Labute approximate surface area is 55.3 Å². The van der Waals surface area contributed by atoms with Crippen molar-refractivity contribution in [1.29, 1.82) is 0 Å². The summed E-state index contributed by atoms with van der Waals surface area (Å²) in [7, 11) is 0. The Balaban J connectivity index is 2.98. The lowest BCUT2D eigenvalue weighted by Gasteiger charge is -1.88. The maximum atomic E-state index is 3.79. The van der Waals surface area contributed by atoms with E-state index in [2.05, 4.69) is 6.58 Å². The van der Waals surface area contributed by atoms with Gasteiger partial charge in [0, 0.05) is 19.1 Å². The number of pyridine rings is 1. The summed E-state index contributed by atoms with van der Waals surface area (Å²) in [6.07, 6.45) is 3.95. The second-order valence-electron chi connectivity index (χ2n) is 2.02. The van der Waals surface area contributed by atoms with Crippen LogP contribution in [0.2, 0.25) is 0 Å². The molecule has 0 amide bonds. The Morgan fingerprint density at radius 1 is 1.22 bits per heavy atom. The van der Waals surface area contributed by atoms with Crippen LogP contribution in [0.3, 0.4) is 0 Å². The second-order valence-corrected chi connectivity index (χ2v) is 2.02. The van der Waals surface area contributed by atoms with Crippen LogP contribution in [0.5, 0.6) is 0 Å². The Morgan fingerprint density at radius 3 is 2.11 bits per heavy atom. The van der Waals surface area contributed by atoms with E-state index in [-0.39, 0.29) is 0 Å². The summed E-state index contributed by atoms with van der Waals surface area (Å²) < 4.78 is 1.97. The fourth-order valence-corrected chi connectivity index (χ4v) is 0.653. The predicted octanol–water partition coefficient (Wildman–Crippen LogP) is 1.46. The third-order valence-corrected chi connectivity index (χ3v) is 1.16. The van der Waals surface area contributed by atoms with Gasteiger partial charge in [0.15, 0.2) is 18.1 Å². The van der Waals surface area contributed by atoms with Crippen LogP contribution in [0.15, 0.2) is 37.2 Å². The molecular formula is C8H10N+. The van der Waals surface area contributed by atoms with Gasteiger partial charge in [-0.1, -0.05) is 6.07 Å². The van der Waals surface area contributed by atoms with E-state index in [1.165, 1.54) is 0 Å². The summed E-state index contributed by atoms with van der Waals surface area (Å²) in [5.41, 5.74) is 1.04. The maximum absolute atomic E-state index is 3.79. The fraction of sp³-hybridized carbons (Fsp3) is 0.125. The van der Waals surface area contributed by atoms with Crippen LogP contribution < -0.4 is 4.57 Å². The predicted molar refractivity (Wildman–Crippen MR) is 37.6 cm³/mol. The molecular weight excluding hydrogens is 110 g/mol. The van der Waals surface area contributed by atoms with Crippen LogP contribution in [0, 0.1) is 0 Å². The third-order valence-electron chi connectivity index (χ3n) is 1.16. The van der Waals surface area contributed by atoms with Gasteiger partial charge in [0.2, 0.25) is 0 Å². The number of hydrogen-bond donors (Lipinski definition) is 0. The summed E-state index contributed by atoms with van der Waals surface area (Å²) in [5, 5.41) is 0. The van der Waals surface area contributed by atoms with Crippen molar-refractivity contribution in [1.82, 2.24) is 0 Å². The van der Waals surface area contributed by atoms with Gasteiger partial charge in [-0.25, -0.2) is 0 Å². The topological polar surface area (TPSA) is 3.88 Å². The summed E-state index contributed by atoms with van der Waals surface area (Å²) >= 11 is 0. The second kappa shape index (κ2) is 2.44. The van der Waals surface area contributed by atoms with Gasteiger partial charge in [-0.3, -0.25) is 0 Å². The molecule has 1 aromatic heterocycles. The minimum atomic E-state index is 1.04. The average Bonchev–Trinajstić information content (AvgIpc) is 1.90. The maximum Gasteiger partial charge on any atom is 0.176 e. The van der Waals surface area contributed by atoms with Gasteiger partial charge in [-0.15, -0.1) is 0 Å². The van der Waals surface area contributed by atoms with Crippen molar-refractivity contribution in [2.75, 3.05) is 0 Å². The number of allylic oxidation sites excluding steroid dienone is 1. The lowest BCUT2D eigenvalue weighted by atomic mass is 10.4. The van der Waals surface area contributed by atoms with Gasteiger partial charge in [0.05, 0.1) is 0 Å². The molecule has 0 N–H and O–H groups in total. The molecule has 0 fully saturated rings. The van der Waals surface area contributed by atoms with Crippen LogP contribution in [0.4, 0.5) is 0 Å². The Morgan fingerprint density at radius 2 is 1.78 bits per heavy atom. The number of hydrogen-bond acceptors (Lipinski definition) is 0. The molecule has 1 rings (SSSR count). The van der Waals surface area contributed by atoms with Gasteiger partial charge in [-0.05, 0) is 6.58 Å². The Hall–Kier alpha value is -1.11. The van der Waals surface area contributed by atoms with Crippen LogP contribution in [0.25, 0.3) is 5.70 Å². The third kappa shape index (κ3) is 1.39. The zero-order chi connectivity index (χ0) is 6.69. The zero-order valence-corrected chi connectivity index (χ0v) is 5.54. The van der Waals surface area contributed by atoms with Crippen molar-refractivity contribution in [2.24, 2.45) is 0 Å². The molecule has 0 saturated carbocycles. The van der Waals surface area contributed by atoms with Gasteiger partial charge in [-0.2, -0.15) is 4.57 Å². The lowest BCUT2D eigenvalue weighted by molar-refractivity contribution is -0.581. The van der Waals surface area contributed by atoms with Crippen molar-refractivity contribution in [3.8, 4) is 0 Å². The molecule has 0 radical (unpaired) electrons. The van der Waals surface area contributed by atoms with Crippen molar-refractivity contribution in [3.63, 3.8) is 0 Å². The first-order valence-corrected chi connectivity index (χ1v) is 2.93. The molecule has 0 aromatic carbocycles. The molecule has 1 aromatic rings. The van der Waals surface area contributed by atoms with Crippen LogP contribution in [0.1, 0.15) is 6.92 Å². The normalized spacial score (nSPS) is 9.00. The molecule has 46 valence electrons. The van der Waals surface area contributed by atoms with Gasteiger partial charge in [0.25, 0.3) is 0 Å². The standard InChI is InChI=1S/C8H10N/c1-8(2)9-6-4-3-5-7-9/h3-7H,1H2,2H3/q+1. The summed E-state index contributed by atoms with van der Waals surface area (Å²) in [5.74, 6) is 0. The summed E-state index contributed by atoms with van der Waals surface area (Å²) in [6, 6.07) is 5.95. The van der Waals surface area contributed by atoms with Gasteiger partial charge < -0.3 is 0 Å². The molecule has 0 aliphatic carbocycles. The van der Waals surface area contributed by atoms with Crippen molar-refractivity contribution in [3.05, 3.63) is 37.2 Å². The van der Waals surface area contributed by atoms with E-state index in [1.54, 1.807) is 0 Å². The van der Waals surface area contributed by atoms with E-state index in [4.69, 9.17) is 0 Å². The SMILES string of the molecule is C=C(C)[n+]1ccccc1. The first kappa shape index (κ1) is 6.02. The van der Waals surface area contributed by atoms with Crippen molar-refractivity contribution >= 4 is 5.70 Å². The molecule has 0 atom stereocenters. The average molecular weight is 120 g/mol. The van der Waals surface area contributed by atoms with Crippen LogP contribution >= 0.6 is 0 Å². The van der Waals surface area contributed by atoms with E-state index >= 15 is 0 Å². The quantitative estimate of drug-likeness (QED) is 0.494. The van der Waals surface area contributed by atoms with E-state index in [9.17, 15) is 0 Å². The van der Waals surface area contributed by atoms with E-state index in [1.807, 2.05) is 42.1 Å². The lowest BCUT2D eigenvalue weighted by Crippen LogP contribution is -2.28. The number of rotatable bonds is 1. The smallest absolute Gasteiger partial charge is 0.172 e. The molecule has 0 saturated heterocycles. The number of nitrogens with zero attached hydrogens (tertiary/aromatic N) is 1. The Kier molecular flexibility index (Phi) is 1.63. The molecule has 9 heavy (non-hydrogen) atoms. The largest absolute Gasteiger partial charge is 0.176 e. The highest BCUT2D eigenvalue weighted by Crippen LogP contribution is 1.84. The fourth-order valence-electron chi connectivity index (χ4n) is 0.653. The highest BCUT2D eigenvalue weighted by molar-refractivity contribution is 5.21. The summed E-state index contributed by atoms with van der Waals surface area (Å²) in [4.78, 5) is 0. The minimum absolute atomic E-state index is 1.04. The molecule has 0 unspecified atom stereocenters. The first-order chi connectivity index (χ1) is 4.30. The van der Waals surface area contributed by atoms with Crippen molar-refractivity contribution < 1.29 is 4.57 Å². The monoisotopic (exact) mass is 120 g/mol. The summed E-state index contributed by atoms with van der Waals surface area (Å²) in [6.45, 7) is 5.76. The van der Waals surface area contributed by atoms with E-state index in [0.717, 1.165) is 5.70 Å². The highest BCUT2D eigenvalue weighted by Gasteiger charge is 1.94. The first-order valence-electron chi connectivity index (χ1n) is 2.93. The molecule has 1 heteroatoms. The molecule has 0 aliphatic rings. The Bertz CT molecular complexity index is 201. The van der Waals surface area contributed by atoms with E-state index in [0.29, 0.717) is 0 Å². The zero-order valence-electron chi connectivity index (χ0n) is 5.54. The van der Waals surface area contributed by atoms with Gasteiger partial charge >= 0.3 is 0 Å². The number of aromatic nitrogens is 1. The molecule has 1 heterocycles. The molecule has 0 spiro atoms.